The van der Waals surface area contributed by atoms with Gasteiger partial charge >= 0.3 is 0 Å². The molecule has 0 atom stereocenters. The Morgan fingerprint density at radius 2 is 1.10 bits per heavy atom. The average molecular weight is 973 g/mol. The van der Waals surface area contributed by atoms with Gasteiger partial charge in [-0.1, -0.05) is 96.4 Å². The van der Waals surface area contributed by atoms with Gasteiger partial charge in [0.1, 0.15) is 18.9 Å². The maximum Gasteiger partial charge on any atom is 0.220 e. The van der Waals surface area contributed by atoms with Crippen LogP contribution in [-0.2, 0) is 27.4 Å². The zero-order valence-electron chi connectivity index (χ0n) is 40.9. The molecule has 6 aromatic rings. The molecule has 0 unspecified atom stereocenters. The molecule has 0 spiro atoms. The zero-order chi connectivity index (χ0) is 48.3. The summed E-state index contributed by atoms with van der Waals surface area (Å²) in [4.78, 5) is 32.1. The largest absolute Gasteiger partial charge is 0.380 e. The number of pyridine rings is 2. The van der Waals surface area contributed by atoms with Gasteiger partial charge in [0.15, 0.2) is 12.4 Å². The van der Waals surface area contributed by atoms with E-state index in [1.54, 1.807) is 23.5 Å². The molecule has 2 N–H and O–H groups in total. The molecule has 8 rings (SSSR count). The summed E-state index contributed by atoms with van der Waals surface area (Å²) in [6, 6.07) is 38.6. The molecule has 2 aliphatic rings. The predicted molar refractivity (Wildman–Crippen MR) is 292 cm³/mol. The number of nitrogens with one attached hydrogen (secondary N) is 2. The number of Topliss-reactive ketones (excluding diaryl/α,β-unsaturated/α-hetero) is 1. The van der Waals surface area contributed by atoms with Crippen LogP contribution in [0.3, 0.4) is 0 Å². The number of hydrogen-bond donors (Lipinski definition) is 2. The lowest BCUT2D eigenvalue weighted by molar-refractivity contribution is -0.672. The van der Waals surface area contributed by atoms with Crippen molar-refractivity contribution in [3.05, 3.63) is 167 Å². The molecule has 362 valence electrons. The van der Waals surface area contributed by atoms with Crippen LogP contribution in [0.4, 0.5) is 11.4 Å². The Morgan fingerprint density at radius 3 is 1.67 bits per heavy atom. The number of aromatic nitrogens is 2. The molecule has 0 bridgehead atoms. The summed E-state index contributed by atoms with van der Waals surface area (Å²) in [5, 5.41) is 11.2. The number of allylic oxidation sites excluding steroid dienone is 4. The van der Waals surface area contributed by atoms with E-state index in [9.17, 15) is 9.59 Å². The predicted octanol–water partition coefficient (Wildman–Crippen LogP) is 11.7. The van der Waals surface area contributed by atoms with Gasteiger partial charge in [-0.25, -0.2) is 0 Å². The maximum absolute atomic E-state index is 12.5. The number of thioether (sulfide) groups is 2. The molecule has 1 amide bonds. The Labute approximate surface area is 423 Å². The van der Waals surface area contributed by atoms with Crippen LogP contribution in [0.1, 0.15) is 75.3 Å². The van der Waals surface area contributed by atoms with Crippen LogP contribution < -0.4 is 29.6 Å². The fourth-order valence-electron chi connectivity index (χ4n) is 9.05. The smallest absolute Gasteiger partial charge is 0.220 e. The highest BCUT2D eigenvalue weighted by atomic mass is 32.2. The number of carbonyl (C=O) groups excluding carboxylic acids is 2. The molecule has 0 aliphatic carbocycles. The first-order valence-electron chi connectivity index (χ1n) is 25.1. The molecule has 2 aliphatic heterocycles. The minimum Gasteiger partial charge on any atom is -0.380 e. The Balaban J connectivity index is 0.621. The van der Waals surface area contributed by atoms with Crippen LogP contribution >= 0.6 is 23.5 Å². The van der Waals surface area contributed by atoms with Crippen molar-refractivity contribution in [1.29, 1.82) is 0 Å². The van der Waals surface area contributed by atoms with E-state index in [4.69, 9.17) is 4.74 Å². The fraction of sp³-hybridized carbons (Fsp3) is 0.322. The van der Waals surface area contributed by atoms with Crippen LogP contribution in [0.15, 0.2) is 166 Å². The number of amides is 1. The summed E-state index contributed by atoms with van der Waals surface area (Å²) >= 11 is 3.61. The van der Waals surface area contributed by atoms with Crippen molar-refractivity contribution in [1.82, 2.24) is 10.6 Å². The second-order valence-corrected chi connectivity index (χ2v) is 20.1. The Bertz CT molecular complexity index is 2660. The van der Waals surface area contributed by atoms with Crippen LogP contribution in [0, 0.1) is 0 Å². The number of benzene rings is 4. The topological polar surface area (TPSA) is 81.7 Å². The van der Waals surface area contributed by atoms with Gasteiger partial charge in [0.25, 0.3) is 0 Å². The first-order valence-corrected chi connectivity index (χ1v) is 26.7. The zero-order valence-corrected chi connectivity index (χ0v) is 42.5. The average Bonchev–Trinajstić information content (AvgIpc) is 3.88. The summed E-state index contributed by atoms with van der Waals surface area (Å²) in [7, 11) is 4.24. The second kappa shape index (κ2) is 26.3. The van der Waals surface area contributed by atoms with E-state index in [2.05, 4.69) is 202 Å². The van der Waals surface area contributed by atoms with Gasteiger partial charge in [-0.2, -0.15) is 9.13 Å². The van der Waals surface area contributed by atoms with Crippen LogP contribution in [0.5, 0.6) is 0 Å². The van der Waals surface area contributed by atoms with Crippen molar-refractivity contribution in [2.45, 2.75) is 87.1 Å². The summed E-state index contributed by atoms with van der Waals surface area (Å²) < 4.78 is 10.4. The number of aryl methyl sites for hydroxylation is 2. The molecule has 11 heteroatoms. The highest BCUT2D eigenvalue weighted by Gasteiger charge is 2.22. The molecule has 2 aromatic heterocycles. The van der Waals surface area contributed by atoms with Crippen LogP contribution in [0.25, 0.3) is 34.0 Å². The highest BCUT2D eigenvalue weighted by molar-refractivity contribution is 8.04. The number of hydrogen-bond acceptors (Lipinski definition) is 8. The van der Waals surface area contributed by atoms with E-state index < -0.39 is 0 Å². The number of fused-ring (bicyclic) bond motifs is 4. The summed E-state index contributed by atoms with van der Waals surface area (Å²) in [5.41, 5.74) is 7.36. The minimum atomic E-state index is 0.0853. The van der Waals surface area contributed by atoms with Crippen molar-refractivity contribution in [2.75, 3.05) is 56.7 Å². The van der Waals surface area contributed by atoms with Crippen molar-refractivity contribution < 1.29 is 23.5 Å². The SMILES string of the molecule is CN1/C(=C/C=C/c2cc[n+](CCCCCC(=O)NCCOCCCCNCC(=O)CCCCC[n+]3ccc(/C=C/C=C4/Sc5ccccc5N4C)c4ccccc43)c3ccccc23)Sc2ccccc21. The van der Waals surface area contributed by atoms with Crippen molar-refractivity contribution in [2.24, 2.45) is 0 Å². The number of unbranched alkanes of at least 4 members (excludes halogenated alkanes) is 5. The van der Waals surface area contributed by atoms with Gasteiger partial charge in [0.2, 0.25) is 16.9 Å². The van der Waals surface area contributed by atoms with Crippen molar-refractivity contribution >= 4 is 80.5 Å². The quantitative estimate of drug-likeness (QED) is 0.0411. The third kappa shape index (κ3) is 13.9. The standard InChI is InChI=1S/C59H67N6O3S2/c1-62-53-28-11-13-30-55(53)69-58(62)33-19-21-46-35-41-64(51-26-9-7-24-49(46)51)39-16-3-5-23-48(66)45-60-37-15-18-43-68-44-38-61-57(67)32-6-4-17-40-65-42-36-47(50-25-8-10-27-52(50)65)22-20-34-59-63(2)54-29-12-14-31-56(54)70-59/h7-14,19-22,24-31,33-36,41-42,60H,3-6,15-18,23,32,37-40,43-45H2,1-2H3/q+1/p+1. The first kappa shape index (κ1) is 50.4. The van der Waals surface area contributed by atoms with Gasteiger partial charge in [-0.15, -0.1) is 0 Å². The van der Waals surface area contributed by atoms with Gasteiger partial charge in [-0.05, 0) is 105 Å². The number of rotatable bonds is 26. The van der Waals surface area contributed by atoms with E-state index in [1.165, 1.54) is 64.2 Å². The Morgan fingerprint density at radius 1 is 0.571 bits per heavy atom. The molecule has 0 saturated carbocycles. The molecule has 0 saturated heterocycles. The molecule has 4 heterocycles. The first-order chi connectivity index (χ1) is 34.4. The number of para-hydroxylation sites is 4. The van der Waals surface area contributed by atoms with Gasteiger partial charge < -0.3 is 25.2 Å². The van der Waals surface area contributed by atoms with Crippen LogP contribution in [-0.4, -0.2) is 58.6 Å². The number of carbonyl (C=O) groups is 2. The van der Waals surface area contributed by atoms with Gasteiger partial charge in [0.05, 0.1) is 45.4 Å². The second-order valence-electron chi connectivity index (χ2n) is 18.0. The highest BCUT2D eigenvalue weighted by Crippen LogP contribution is 2.45. The van der Waals surface area contributed by atoms with Gasteiger partial charge in [0, 0.05) is 87.0 Å². The monoisotopic (exact) mass is 972 g/mol. The molecule has 0 fully saturated rings. The molecule has 9 nitrogen and oxygen atoms in total. The van der Waals surface area contributed by atoms with Gasteiger partial charge in [-0.3, -0.25) is 9.59 Å². The normalized spacial score (nSPS) is 14.5. The summed E-state index contributed by atoms with van der Waals surface area (Å²) in [5.74, 6) is 0.360. The number of ether oxygens (including phenoxy) is 1. The molecular weight excluding hydrogens is 905 g/mol. The van der Waals surface area contributed by atoms with Crippen molar-refractivity contribution in [3.8, 4) is 0 Å². The molecule has 4 aromatic carbocycles. The third-order valence-corrected chi connectivity index (χ3v) is 15.3. The van der Waals surface area contributed by atoms with Crippen molar-refractivity contribution in [3.63, 3.8) is 0 Å². The fourth-order valence-corrected chi connectivity index (χ4v) is 11.2. The molecular formula is C59H68N6O3S2+2. The number of anilines is 2. The Hall–Kier alpha value is -5.98. The maximum atomic E-state index is 12.5. The van der Waals surface area contributed by atoms with E-state index in [0.717, 1.165) is 71.0 Å². The minimum absolute atomic E-state index is 0.0853. The third-order valence-electron chi connectivity index (χ3n) is 12.9. The van der Waals surface area contributed by atoms with Crippen LogP contribution in [0.2, 0.25) is 0 Å². The number of nitrogens with zero attached hydrogens (tertiary/aromatic N) is 4. The Kier molecular flexibility index (Phi) is 18.9. The molecule has 0 radical (unpaired) electrons. The lowest BCUT2D eigenvalue weighted by Crippen LogP contribution is -2.34. The van der Waals surface area contributed by atoms with E-state index in [-0.39, 0.29) is 11.7 Å². The number of ketones is 1. The summed E-state index contributed by atoms with van der Waals surface area (Å²) in [6.45, 7) is 4.75. The lowest BCUT2D eigenvalue weighted by atomic mass is 10.1. The summed E-state index contributed by atoms with van der Waals surface area (Å²) in [6.07, 6.45) is 26.3. The van der Waals surface area contributed by atoms with E-state index in [1.807, 2.05) is 0 Å². The molecule has 70 heavy (non-hydrogen) atoms. The van der Waals surface area contributed by atoms with E-state index in [0.29, 0.717) is 39.1 Å². The van der Waals surface area contributed by atoms with E-state index >= 15 is 0 Å². The lowest BCUT2D eigenvalue weighted by Gasteiger charge is -2.12.